The molecule has 0 saturated heterocycles. The van der Waals surface area contributed by atoms with E-state index in [1.807, 2.05) is 0 Å². The summed E-state index contributed by atoms with van der Waals surface area (Å²) in [4.78, 5) is 17.2. The molecule has 0 atom stereocenters. The van der Waals surface area contributed by atoms with E-state index in [1.54, 1.807) is 12.1 Å². The molecule has 0 N–H and O–H groups in total. The van der Waals surface area contributed by atoms with Crippen molar-refractivity contribution in [3.8, 4) is 0 Å². The fraction of sp³-hybridized carbons (Fsp3) is 0.333. The maximum Gasteiger partial charge on any atom is 0.433 e. The highest BCUT2D eigenvalue weighted by atomic mass is 19.4. The van der Waals surface area contributed by atoms with Crippen molar-refractivity contribution in [2.75, 3.05) is 20.3 Å². The van der Waals surface area contributed by atoms with Gasteiger partial charge < -0.3 is 14.1 Å². The van der Waals surface area contributed by atoms with Gasteiger partial charge in [-0.25, -0.2) is 0 Å². The van der Waals surface area contributed by atoms with E-state index < -0.39 is 17.8 Å². The van der Waals surface area contributed by atoms with E-state index in [4.69, 9.17) is 9.15 Å². The first-order valence-electron chi connectivity index (χ1n) is 6.75. The van der Waals surface area contributed by atoms with Gasteiger partial charge >= 0.3 is 6.18 Å². The van der Waals surface area contributed by atoms with E-state index >= 15 is 0 Å². The van der Waals surface area contributed by atoms with Gasteiger partial charge in [-0.15, -0.1) is 0 Å². The number of methoxy groups -OCH3 is 1. The predicted octanol–water partition coefficient (Wildman–Crippen LogP) is 2.98. The fourth-order valence-corrected chi connectivity index (χ4v) is 1.92. The Bertz CT molecular complexity index is 624. The van der Waals surface area contributed by atoms with Gasteiger partial charge in [-0.05, 0) is 24.3 Å². The number of nitrogens with zero attached hydrogens (tertiary/aromatic N) is 2. The Hall–Kier alpha value is -2.35. The number of alkyl halides is 3. The van der Waals surface area contributed by atoms with Crippen molar-refractivity contribution in [3.63, 3.8) is 0 Å². The first-order chi connectivity index (χ1) is 10.9. The molecule has 5 nitrogen and oxygen atoms in total. The van der Waals surface area contributed by atoms with Crippen LogP contribution in [0.3, 0.4) is 0 Å². The highest BCUT2D eigenvalue weighted by Crippen LogP contribution is 2.27. The average Bonchev–Trinajstić information content (AvgIpc) is 3.03. The molecule has 2 aromatic rings. The number of aromatic nitrogens is 1. The summed E-state index contributed by atoms with van der Waals surface area (Å²) < 4.78 is 47.7. The zero-order chi connectivity index (χ0) is 16.9. The van der Waals surface area contributed by atoms with Crippen LogP contribution in [0.25, 0.3) is 0 Å². The Morgan fingerprint density at radius 2 is 2.13 bits per heavy atom. The highest BCUT2D eigenvalue weighted by molar-refractivity contribution is 5.93. The number of carbonyl (C=O) groups excluding carboxylic acids is 1. The third-order valence-electron chi connectivity index (χ3n) is 3.08. The minimum atomic E-state index is -4.54. The SMILES string of the molecule is COCCN(Cc1ccco1)C(=O)c1ccc(C(F)(F)F)nc1. The van der Waals surface area contributed by atoms with Crippen molar-refractivity contribution in [3.05, 3.63) is 53.7 Å². The molecule has 0 radical (unpaired) electrons. The Kier molecular flexibility index (Phi) is 5.38. The molecule has 2 aromatic heterocycles. The van der Waals surface area contributed by atoms with E-state index in [1.165, 1.54) is 18.3 Å². The number of rotatable bonds is 6. The van der Waals surface area contributed by atoms with Crippen molar-refractivity contribution >= 4 is 5.91 Å². The molecule has 1 amide bonds. The second-order valence-corrected chi connectivity index (χ2v) is 4.73. The lowest BCUT2D eigenvalue weighted by molar-refractivity contribution is -0.141. The Morgan fingerprint density at radius 1 is 1.35 bits per heavy atom. The van der Waals surface area contributed by atoms with Gasteiger partial charge in [0.25, 0.3) is 5.91 Å². The summed E-state index contributed by atoms with van der Waals surface area (Å²) in [5.41, 5.74) is -0.968. The molecule has 124 valence electrons. The molecule has 0 aliphatic heterocycles. The molecule has 0 aliphatic carbocycles. The van der Waals surface area contributed by atoms with Crippen molar-refractivity contribution in [1.82, 2.24) is 9.88 Å². The zero-order valence-electron chi connectivity index (χ0n) is 12.3. The number of furan rings is 1. The maximum atomic E-state index is 12.5. The van der Waals surface area contributed by atoms with E-state index in [-0.39, 0.29) is 18.7 Å². The third-order valence-corrected chi connectivity index (χ3v) is 3.08. The molecule has 0 spiro atoms. The van der Waals surface area contributed by atoms with Gasteiger partial charge in [0.2, 0.25) is 0 Å². The Morgan fingerprint density at radius 3 is 2.65 bits per heavy atom. The maximum absolute atomic E-state index is 12.5. The summed E-state index contributed by atoms with van der Waals surface area (Å²) in [6.45, 7) is 0.758. The van der Waals surface area contributed by atoms with Crippen LogP contribution in [0.1, 0.15) is 21.8 Å². The van der Waals surface area contributed by atoms with E-state index in [2.05, 4.69) is 4.98 Å². The van der Waals surface area contributed by atoms with Gasteiger partial charge in [0.05, 0.1) is 25.0 Å². The number of pyridine rings is 1. The van der Waals surface area contributed by atoms with Crippen LogP contribution in [0.2, 0.25) is 0 Å². The molecule has 0 aliphatic rings. The van der Waals surface area contributed by atoms with Gasteiger partial charge in [0.15, 0.2) is 0 Å². The number of hydrogen-bond acceptors (Lipinski definition) is 4. The molecule has 0 unspecified atom stereocenters. The van der Waals surface area contributed by atoms with E-state index in [9.17, 15) is 18.0 Å². The topological polar surface area (TPSA) is 55.6 Å². The molecule has 0 aromatic carbocycles. The van der Waals surface area contributed by atoms with Crippen molar-refractivity contribution < 1.29 is 27.1 Å². The zero-order valence-corrected chi connectivity index (χ0v) is 12.3. The van der Waals surface area contributed by atoms with Gasteiger partial charge in [-0.2, -0.15) is 13.2 Å². The molecule has 2 rings (SSSR count). The predicted molar refractivity (Wildman–Crippen MR) is 74.6 cm³/mol. The van der Waals surface area contributed by atoms with Crippen LogP contribution >= 0.6 is 0 Å². The second kappa shape index (κ2) is 7.28. The second-order valence-electron chi connectivity index (χ2n) is 4.73. The Balaban J connectivity index is 2.15. The van der Waals surface area contributed by atoms with Crippen LogP contribution in [0.5, 0.6) is 0 Å². The summed E-state index contributed by atoms with van der Waals surface area (Å²) in [6, 6.07) is 5.29. The van der Waals surface area contributed by atoms with Crippen LogP contribution in [-0.4, -0.2) is 36.1 Å². The largest absolute Gasteiger partial charge is 0.467 e. The van der Waals surface area contributed by atoms with Crippen LogP contribution < -0.4 is 0 Å². The van der Waals surface area contributed by atoms with Crippen molar-refractivity contribution in [2.24, 2.45) is 0 Å². The lowest BCUT2D eigenvalue weighted by Crippen LogP contribution is -2.33. The number of carbonyl (C=O) groups is 1. The van der Waals surface area contributed by atoms with Gasteiger partial charge in [-0.3, -0.25) is 9.78 Å². The molecule has 0 saturated carbocycles. The molecular formula is C15H15F3N2O3. The smallest absolute Gasteiger partial charge is 0.433 e. The van der Waals surface area contributed by atoms with Gasteiger partial charge in [0.1, 0.15) is 11.5 Å². The third kappa shape index (κ3) is 4.56. The first kappa shape index (κ1) is 17.0. The fourth-order valence-electron chi connectivity index (χ4n) is 1.92. The van der Waals surface area contributed by atoms with Crippen LogP contribution in [0.4, 0.5) is 13.2 Å². The Labute approximate surface area is 130 Å². The summed E-state index contributed by atoms with van der Waals surface area (Å²) in [6.07, 6.45) is -2.13. The average molecular weight is 328 g/mol. The molecular weight excluding hydrogens is 313 g/mol. The molecule has 23 heavy (non-hydrogen) atoms. The first-order valence-corrected chi connectivity index (χ1v) is 6.75. The van der Waals surface area contributed by atoms with Gasteiger partial charge in [0, 0.05) is 19.9 Å². The number of hydrogen-bond donors (Lipinski definition) is 0. The lowest BCUT2D eigenvalue weighted by Gasteiger charge is -2.21. The molecule has 2 heterocycles. The number of halogens is 3. The summed E-state index contributed by atoms with van der Waals surface area (Å²) in [7, 11) is 1.50. The summed E-state index contributed by atoms with van der Waals surface area (Å²) >= 11 is 0. The van der Waals surface area contributed by atoms with Crippen molar-refractivity contribution in [1.29, 1.82) is 0 Å². The minimum Gasteiger partial charge on any atom is -0.467 e. The lowest BCUT2D eigenvalue weighted by atomic mass is 10.2. The van der Waals surface area contributed by atoms with Crippen LogP contribution in [-0.2, 0) is 17.5 Å². The standard InChI is InChI=1S/C15H15F3N2O3/c1-22-8-6-20(10-12-3-2-7-23-12)14(21)11-4-5-13(19-9-11)15(16,17)18/h2-5,7,9H,6,8,10H2,1H3. The van der Waals surface area contributed by atoms with E-state index in [0.29, 0.717) is 12.4 Å². The summed E-state index contributed by atoms with van der Waals surface area (Å²) in [5, 5.41) is 0. The normalized spacial score (nSPS) is 11.5. The molecule has 8 heteroatoms. The molecule has 0 bridgehead atoms. The van der Waals surface area contributed by atoms with Crippen LogP contribution in [0, 0.1) is 0 Å². The quantitative estimate of drug-likeness (QED) is 0.818. The van der Waals surface area contributed by atoms with Crippen molar-refractivity contribution in [2.45, 2.75) is 12.7 Å². The summed E-state index contributed by atoms with van der Waals surface area (Å²) in [5.74, 6) is 0.119. The van der Waals surface area contributed by atoms with Gasteiger partial charge in [-0.1, -0.05) is 0 Å². The number of amides is 1. The minimum absolute atomic E-state index is 0.0701. The highest BCUT2D eigenvalue weighted by Gasteiger charge is 2.32. The molecule has 0 fully saturated rings. The van der Waals surface area contributed by atoms with Crippen LogP contribution in [0.15, 0.2) is 41.1 Å². The van der Waals surface area contributed by atoms with E-state index in [0.717, 1.165) is 18.3 Å². The number of ether oxygens (including phenoxy) is 1. The monoisotopic (exact) mass is 328 g/mol.